The minimum absolute atomic E-state index is 0.0948. The molecule has 0 radical (unpaired) electrons. The molecule has 0 spiro atoms. The van der Waals surface area contributed by atoms with Crippen LogP contribution in [0.4, 0.5) is 5.69 Å². The maximum absolute atomic E-state index is 13.1. The van der Waals surface area contributed by atoms with Crippen LogP contribution in [-0.4, -0.2) is 70.5 Å². The van der Waals surface area contributed by atoms with E-state index in [9.17, 15) is 9.59 Å². The molecule has 1 aromatic heterocycles. The van der Waals surface area contributed by atoms with Crippen LogP contribution in [0.5, 0.6) is 0 Å². The quantitative estimate of drug-likeness (QED) is 0.763. The van der Waals surface area contributed by atoms with E-state index in [2.05, 4.69) is 15.0 Å². The lowest BCUT2D eigenvalue weighted by molar-refractivity contribution is -0.134. The number of hydrogen-bond acceptors (Lipinski definition) is 6. The fourth-order valence-corrected chi connectivity index (χ4v) is 4.16. The molecule has 0 aliphatic carbocycles. The predicted octanol–water partition coefficient (Wildman–Crippen LogP) is 1.65. The average Bonchev–Trinajstić information content (AvgIpc) is 3.18. The Morgan fingerprint density at radius 2 is 1.90 bits per heavy atom. The minimum Gasteiger partial charge on any atom is -0.340 e. The Morgan fingerprint density at radius 3 is 2.59 bits per heavy atom. The van der Waals surface area contributed by atoms with Crippen molar-refractivity contribution in [3.05, 3.63) is 42.0 Å². The van der Waals surface area contributed by atoms with Gasteiger partial charge in [0, 0.05) is 51.3 Å². The molecular formula is C21H27N5O3. The first-order valence-electron chi connectivity index (χ1n) is 10.3. The van der Waals surface area contributed by atoms with Gasteiger partial charge in [0.1, 0.15) is 0 Å². The number of aromatic nitrogens is 2. The molecule has 2 amide bonds. The van der Waals surface area contributed by atoms with Gasteiger partial charge >= 0.3 is 0 Å². The minimum atomic E-state index is -0.0948. The monoisotopic (exact) mass is 397 g/mol. The Labute approximate surface area is 170 Å². The number of carbonyl (C=O) groups excluding carboxylic acids is 2. The standard InChI is InChI=1S/C21H27N5O3/c1-16-22-19(29-23-16)9-10-20(27)25-14-12-24(13-15-25)18-8-5-11-26(21(18)28)17-6-3-2-4-7-17/h2-4,6-7,18H,5,8-15H2,1H3/t18-/m0/s1. The molecule has 2 aliphatic heterocycles. The molecule has 154 valence electrons. The highest BCUT2D eigenvalue weighted by Crippen LogP contribution is 2.24. The lowest BCUT2D eigenvalue weighted by Gasteiger charge is -2.42. The summed E-state index contributed by atoms with van der Waals surface area (Å²) in [5, 5.41) is 3.75. The highest BCUT2D eigenvalue weighted by molar-refractivity contribution is 5.97. The Kier molecular flexibility index (Phi) is 5.89. The fraction of sp³-hybridized carbons (Fsp3) is 0.524. The summed E-state index contributed by atoms with van der Waals surface area (Å²) in [5.74, 6) is 1.36. The van der Waals surface area contributed by atoms with Crippen molar-refractivity contribution in [3.63, 3.8) is 0 Å². The number of carbonyl (C=O) groups is 2. The van der Waals surface area contributed by atoms with Crippen molar-refractivity contribution in [2.45, 2.75) is 38.6 Å². The number of rotatable bonds is 5. The molecule has 4 rings (SSSR count). The molecule has 8 nitrogen and oxygen atoms in total. The number of piperidine rings is 1. The summed E-state index contributed by atoms with van der Waals surface area (Å²) in [5.41, 5.74) is 0.965. The molecule has 2 aromatic rings. The summed E-state index contributed by atoms with van der Waals surface area (Å²) in [6.45, 7) is 5.29. The molecule has 29 heavy (non-hydrogen) atoms. The van der Waals surface area contributed by atoms with E-state index in [0.717, 1.165) is 38.2 Å². The predicted molar refractivity (Wildman–Crippen MR) is 107 cm³/mol. The van der Waals surface area contributed by atoms with Gasteiger partial charge in [-0.15, -0.1) is 0 Å². The number of nitrogens with zero attached hydrogens (tertiary/aromatic N) is 5. The third-order valence-corrected chi connectivity index (χ3v) is 5.71. The van der Waals surface area contributed by atoms with Crippen LogP contribution in [0.3, 0.4) is 0 Å². The van der Waals surface area contributed by atoms with Gasteiger partial charge in [-0.3, -0.25) is 14.5 Å². The zero-order valence-corrected chi connectivity index (χ0v) is 16.8. The summed E-state index contributed by atoms with van der Waals surface area (Å²) >= 11 is 0. The van der Waals surface area contributed by atoms with Gasteiger partial charge in [-0.05, 0) is 31.9 Å². The van der Waals surface area contributed by atoms with E-state index >= 15 is 0 Å². The van der Waals surface area contributed by atoms with Crippen molar-refractivity contribution in [2.75, 3.05) is 37.6 Å². The Morgan fingerprint density at radius 1 is 1.14 bits per heavy atom. The van der Waals surface area contributed by atoms with Crippen molar-refractivity contribution < 1.29 is 14.1 Å². The number of para-hydroxylation sites is 1. The van der Waals surface area contributed by atoms with E-state index in [1.54, 1.807) is 6.92 Å². The topological polar surface area (TPSA) is 82.8 Å². The molecule has 1 aromatic carbocycles. The summed E-state index contributed by atoms with van der Waals surface area (Å²) in [4.78, 5) is 35.7. The van der Waals surface area contributed by atoms with Gasteiger partial charge in [0.05, 0.1) is 6.04 Å². The SMILES string of the molecule is Cc1noc(CCC(=O)N2CCN([C@H]3CCCN(c4ccccc4)C3=O)CC2)n1. The number of benzene rings is 1. The Bertz CT molecular complexity index is 845. The van der Waals surface area contributed by atoms with Crippen molar-refractivity contribution >= 4 is 17.5 Å². The van der Waals surface area contributed by atoms with E-state index < -0.39 is 0 Å². The molecule has 2 fully saturated rings. The second-order valence-electron chi connectivity index (χ2n) is 7.64. The first kappa shape index (κ1) is 19.6. The first-order chi connectivity index (χ1) is 14.1. The maximum Gasteiger partial charge on any atom is 0.244 e. The molecule has 1 atom stereocenters. The van der Waals surface area contributed by atoms with Gasteiger partial charge in [-0.1, -0.05) is 23.4 Å². The fourth-order valence-electron chi connectivity index (χ4n) is 4.16. The molecule has 2 saturated heterocycles. The van der Waals surface area contributed by atoms with Crippen molar-refractivity contribution in [2.24, 2.45) is 0 Å². The van der Waals surface area contributed by atoms with E-state index in [1.807, 2.05) is 40.1 Å². The molecule has 0 unspecified atom stereocenters. The normalized spacial score (nSPS) is 20.9. The lowest BCUT2D eigenvalue weighted by Crippen LogP contribution is -2.58. The van der Waals surface area contributed by atoms with Gasteiger partial charge in [0.25, 0.3) is 0 Å². The smallest absolute Gasteiger partial charge is 0.244 e. The lowest BCUT2D eigenvalue weighted by atomic mass is 10.0. The third-order valence-electron chi connectivity index (χ3n) is 5.71. The molecule has 0 N–H and O–H groups in total. The number of hydrogen-bond donors (Lipinski definition) is 0. The Balaban J connectivity index is 1.29. The van der Waals surface area contributed by atoms with Crippen LogP contribution < -0.4 is 4.90 Å². The zero-order chi connectivity index (χ0) is 20.2. The van der Waals surface area contributed by atoms with Gasteiger partial charge in [-0.25, -0.2) is 0 Å². The van der Waals surface area contributed by atoms with Gasteiger partial charge < -0.3 is 14.3 Å². The van der Waals surface area contributed by atoms with Crippen LogP contribution in [0, 0.1) is 6.92 Å². The molecule has 3 heterocycles. The van der Waals surface area contributed by atoms with Crippen LogP contribution in [0.1, 0.15) is 31.0 Å². The van der Waals surface area contributed by atoms with Crippen molar-refractivity contribution in [1.29, 1.82) is 0 Å². The van der Waals surface area contributed by atoms with Gasteiger partial charge in [-0.2, -0.15) is 4.98 Å². The molecule has 0 bridgehead atoms. The number of anilines is 1. The van der Waals surface area contributed by atoms with E-state index in [1.165, 1.54) is 0 Å². The van der Waals surface area contributed by atoms with Crippen LogP contribution in [0.2, 0.25) is 0 Å². The number of amides is 2. The first-order valence-corrected chi connectivity index (χ1v) is 10.3. The van der Waals surface area contributed by atoms with Crippen molar-refractivity contribution in [3.8, 4) is 0 Å². The van der Waals surface area contributed by atoms with E-state index in [-0.39, 0.29) is 17.9 Å². The van der Waals surface area contributed by atoms with Crippen LogP contribution >= 0.6 is 0 Å². The second kappa shape index (κ2) is 8.73. The highest BCUT2D eigenvalue weighted by Gasteiger charge is 2.35. The number of aryl methyl sites for hydroxylation is 2. The molecule has 0 saturated carbocycles. The van der Waals surface area contributed by atoms with Crippen LogP contribution in [0.15, 0.2) is 34.9 Å². The molecular weight excluding hydrogens is 370 g/mol. The van der Waals surface area contributed by atoms with E-state index in [0.29, 0.717) is 37.6 Å². The molecule has 8 heteroatoms. The van der Waals surface area contributed by atoms with Gasteiger partial charge in [0.2, 0.25) is 17.7 Å². The summed E-state index contributed by atoms with van der Waals surface area (Å²) in [6, 6.07) is 9.77. The van der Waals surface area contributed by atoms with Crippen molar-refractivity contribution in [1.82, 2.24) is 19.9 Å². The van der Waals surface area contributed by atoms with Crippen LogP contribution in [0.25, 0.3) is 0 Å². The Hall–Kier alpha value is -2.74. The highest BCUT2D eigenvalue weighted by atomic mass is 16.5. The molecule has 2 aliphatic rings. The summed E-state index contributed by atoms with van der Waals surface area (Å²) < 4.78 is 5.07. The summed E-state index contributed by atoms with van der Waals surface area (Å²) in [6.07, 6.45) is 2.71. The maximum atomic E-state index is 13.1. The second-order valence-corrected chi connectivity index (χ2v) is 7.64. The summed E-state index contributed by atoms with van der Waals surface area (Å²) in [7, 11) is 0. The number of piperazine rings is 1. The average molecular weight is 397 g/mol. The van der Waals surface area contributed by atoms with Crippen LogP contribution in [-0.2, 0) is 16.0 Å². The third kappa shape index (κ3) is 4.48. The van der Waals surface area contributed by atoms with E-state index in [4.69, 9.17) is 4.52 Å². The van der Waals surface area contributed by atoms with Gasteiger partial charge in [0.15, 0.2) is 5.82 Å². The largest absolute Gasteiger partial charge is 0.340 e. The zero-order valence-electron chi connectivity index (χ0n) is 16.8.